The largest absolute Gasteiger partial charge is 0.416 e. The zero-order valence-corrected chi connectivity index (χ0v) is 19.4. The van der Waals surface area contributed by atoms with Gasteiger partial charge in [-0.25, -0.2) is 4.98 Å². The van der Waals surface area contributed by atoms with Crippen LogP contribution in [0.2, 0.25) is 0 Å². The quantitative estimate of drug-likeness (QED) is 0.504. The molecule has 8 heteroatoms. The number of alkyl halides is 3. The summed E-state index contributed by atoms with van der Waals surface area (Å²) in [5.41, 5.74) is 1.00. The van der Waals surface area contributed by atoms with Crippen molar-refractivity contribution in [2.75, 3.05) is 17.2 Å². The first-order chi connectivity index (χ1) is 14.8. The molecule has 0 unspecified atom stereocenters. The minimum absolute atomic E-state index is 0.169. The van der Waals surface area contributed by atoms with E-state index in [1.54, 1.807) is 13.8 Å². The molecular formula is C24H31F3N4O. The lowest BCUT2D eigenvalue weighted by Gasteiger charge is -2.22. The van der Waals surface area contributed by atoms with E-state index in [9.17, 15) is 18.0 Å². The SMILES string of the molecule is CCCNc1nc(NC(=O)C(C)C)nc(C)c1/C=C/C(C)(C)c1ccc(C(F)(F)F)cc1. The molecule has 0 aliphatic carbocycles. The highest BCUT2D eigenvalue weighted by molar-refractivity contribution is 5.90. The smallest absolute Gasteiger partial charge is 0.369 e. The number of aryl methyl sites for hydroxylation is 1. The molecule has 1 amide bonds. The molecule has 2 N–H and O–H groups in total. The Labute approximate surface area is 187 Å². The Balaban J connectivity index is 2.37. The van der Waals surface area contributed by atoms with Crippen LogP contribution in [0.15, 0.2) is 30.3 Å². The highest BCUT2D eigenvalue weighted by Gasteiger charge is 2.30. The lowest BCUT2D eigenvalue weighted by Crippen LogP contribution is -2.20. The predicted molar refractivity (Wildman–Crippen MR) is 123 cm³/mol. The van der Waals surface area contributed by atoms with Gasteiger partial charge in [0.25, 0.3) is 0 Å². The number of nitrogens with one attached hydrogen (secondary N) is 2. The van der Waals surface area contributed by atoms with Crippen molar-refractivity contribution in [3.05, 3.63) is 52.7 Å². The van der Waals surface area contributed by atoms with E-state index in [2.05, 4.69) is 20.6 Å². The topological polar surface area (TPSA) is 66.9 Å². The van der Waals surface area contributed by atoms with Crippen molar-refractivity contribution in [2.45, 2.75) is 59.6 Å². The van der Waals surface area contributed by atoms with Gasteiger partial charge in [-0.05, 0) is 31.0 Å². The Hall–Kier alpha value is -2.90. The minimum Gasteiger partial charge on any atom is -0.369 e. The molecule has 1 aromatic heterocycles. The summed E-state index contributed by atoms with van der Waals surface area (Å²) in [5.74, 6) is 0.462. The minimum atomic E-state index is -4.36. The summed E-state index contributed by atoms with van der Waals surface area (Å²) in [4.78, 5) is 20.9. The second kappa shape index (κ2) is 10.1. The number of rotatable bonds is 8. The van der Waals surface area contributed by atoms with E-state index in [0.717, 1.165) is 29.7 Å². The van der Waals surface area contributed by atoms with Crippen LogP contribution in [0.1, 0.15) is 63.4 Å². The maximum Gasteiger partial charge on any atom is 0.416 e. The summed E-state index contributed by atoms with van der Waals surface area (Å²) in [7, 11) is 0. The zero-order valence-electron chi connectivity index (χ0n) is 19.4. The molecule has 2 rings (SSSR count). The van der Waals surface area contributed by atoms with Crippen molar-refractivity contribution in [1.29, 1.82) is 0 Å². The number of carbonyl (C=O) groups excluding carboxylic acids is 1. The van der Waals surface area contributed by atoms with Gasteiger partial charge in [-0.3, -0.25) is 10.1 Å². The fraction of sp³-hybridized carbons (Fsp3) is 0.458. The Bertz CT molecular complexity index is 964. The fourth-order valence-electron chi connectivity index (χ4n) is 2.95. The third-order valence-corrected chi connectivity index (χ3v) is 5.06. The van der Waals surface area contributed by atoms with E-state index < -0.39 is 17.2 Å². The number of aromatic nitrogens is 2. The number of halogens is 3. The standard InChI is InChI=1S/C24H31F3N4O/c1-7-14-28-20-19(16(4)29-22(30-20)31-21(32)15(2)3)12-13-23(5,6)17-8-10-18(11-9-17)24(25,26)27/h8-13,15H,7,14H2,1-6H3,(H2,28,29,30,31,32)/b13-12+. The third kappa shape index (κ3) is 6.55. The number of hydrogen-bond donors (Lipinski definition) is 2. The first-order valence-corrected chi connectivity index (χ1v) is 10.7. The van der Waals surface area contributed by atoms with Crippen LogP contribution in [-0.2, 0) is 16.4 Å². The van der Waals surface area contributed by atoms with Crippen molar-refractivity contribution >= 4 is 23.7 Å². The van der Waals surface area contributed by atoms with Crippen LogP contribution in [0.3, 0.4) is 0 Å². The van der Waals surface area contributed by atoms with Crippen molar-refractivity contribution in [3.63, 3.8) is 0 Å². The van der Waals surface area contributed by atoms with E-state index >= 15 is 0 Å². The average molecular weight is 449 g/mol. The summed E-state index contributed by atoms with van der Waals surface area (Å²) in [6.45, 7) is 12.0. The number of allylic oxidation sites excluding steroid dienone is 1. The van der Waals surface area contributed by atoms with Gasteiger partial charge in [0.2, 0.25) is 11.9 Å². The number of carbonyl (C=O) groups is 1. The molecule has 0 saturated heterocycles. The van der Waals surface area contributed by atoms with Crippen molar-refractivity contribution < 1.29 is 18.0 Å². The summed E-state index contributed by atoms with van der Waals surface area (Å²) >= 11 is 0. The highest BCUT2D eigenvalue weighted by atomic mass is 19.4. The van der Waals surface area contributed by atoms with E-state index in [-0.39, 0.29) is 17.8 Å². The van der Waals surface area contributed by atoms with Gasteiger partial charge in [-0.15, -0.1) is 0 Å². The van der Waals surface area contributed by atoms with Crippen molar-refractivity contribution in [1.82, 2.24) is 9.97 Å². The van der Waals surface area contributed by atoms with Gasteiger partial charge in [-0.1, -0.05) is 58.9 Å². The van der Waals surface area contributed by atoms with Crippen LogP contribution >= 0.6 is 0 Å². The number of anilines is 2. The molecule has 5 nitrogen and oxygen atoms in total. The van der Waals surface area contributed by atoms with Crippen molar-refractivity contribution in [2.24, 2.45) is 5.92 Å². The van der Waals surface area contributed by atoms with Gasteiger partial charge >= 0.3 is 6.18 Å². The molecule has 0 aliphatic rings. The maximum atomic E-state index is 12.9. The molecule has 0 saturated carbocycles. The van der Waals surface area contributed by atoms with Gasteiger partial charge in [0.15, 0.2) is 0 Å². The maximum absolute atomic E-state index is 12.9. The van der Waals surface area contributed by atoms with E-state index in [4.69, 9.17) is 0 Å². The van der Waals surface area contributed by atoms with Gasteiger partial charge in [0.05, 0.1) is 11.3 Å². The lowest BCUT2D eigenvalue weighted by atomic mass is 9.83. The number of nitrogens with zero attached hydrogens (tertiary/aromatic N) is 2. The van der Waals surface area contributed by atoms with Gasteiger partial charge < -0.3 is 5.32 Å². The predicted octanol–water partition coefficient (Wildman–Crippen LogP) is 6.21. The number of benzene rings is 1. The molecule has 0 bridgehead atoms. The van der Waals surface area contributed by atoms with Crippen LogP contribution in [0.5, 0.6) is 0 Å². The monoisotopic (exact) mass is 448 g/mol. The van der Waals surface area contributed by atoms with Gasteiger partial charge in [0.1, 0.15) is 5.82 Å². The number of amides is 1. The molecule has 174 valence electrons. The first-order valence-electron chi connectivity index (χ1n) is 10.7. The lowest BCUT2D eigenvalue weighted by molar-refractivity contribution is -0.137. The summed E-state index contributed by atoms with van der Waals surface area (Å²) in [6, 6.07) is 5.19. The third-order valence-electron chi connectivity index (χ3n) is 5.06. The molecule has 0 atom stereocenters. The molecule has 1 aromatic carbocycles. The van der Waals surface area contributed by atoms with E-state index in [1.165, 1.54) is 12.1 Å². The Morgan fingerprint density at radius 1 is 1.09 bits per heavy atom. The number of hydrogen-bond acceptors (Lipinski definition) is 4. The van der Waals surface area contributed by atoms with Crippen LogP contribution in [0.4, 0.5) is 24.9 Å². The van der Waals surface area contributed by atoms with Gasteiger partial charge in [0, 0.05) is 23.4 Å². The second-order valence-corrected chi connectivity index (χ2v) is 8.60. The second-order valence-electron chi connectivity index (χ2n) is 8.60. The Kier molecular flexibility index (Phi) is 8.04. The summed E-state index contributed by atoms with van der Waals surface area (Å²) in [6.07, 6.45) is 0.320. The molecule has 0 aliphatic heterocycles. The summed E-state index contributed by atoms with van der Waals surface area (Å²) in [5, 5.41) is 5.99. The van der Waals surface area contributed by atoms with E-state index in [1.807, 2.05) is 39.8 Å². The fourth-order valence-corrected chi connectivity index (χ4v) is 2.95. The Morgan fingerprint density at radius 2 is 1.69 bits per heavy atom. The molecule has 2 aromatic rings. The van der Waals surface area contributed by atoms with Crippen LogP contribution in [0, 0.1) is 12.8 Å². The van der Waals surface area contributed by atoms with Crippen molar-refractivity contribution in [3.8, 4) is 0 Å². The molecular weight excluding hydrogens is 417 g/mol. The van der Waals surface area contributed by atoms with Crippen LogP contribution in [-0.4, -0.2) is 22.4 Å². The average Bonchev–Trinajstić information content (AvgIpc) is 2.70. The molecule has 0 fully saturated rings. The zero-order chi connectivity index (χ0) is 24.1. The van der Waals surface area contributed by atoms with Gasteiger partial charge in [-0.2, -0.15) is 18.2 Å². The summed E-state index contributed by atoms with van der Waals surface area (Å²) < 4.78 is 38.6. The molecule has 1 heterocycles. The molecule has 0 radical (unpaired) electrons. The molecule has 0 spiro atoms. The molecule has 32 heavy (non-hydrogen) atoms. The van der Waals surface area contributed by atoms with Crippen LogP contribution in [0.25, 0.3) is 6.08 Å². The highest BCUT2D eigenvalue weighted by Crippen LogP contribution is 2.33. The van der Waals surface area contributed by atoms with Crippen LogP contribution < -0.4 is 10.6 Å². The Morgan fingerprint density at radius 3 is 2.22 bits per heavy atom. The van der Waals surface area contributed by atoms with E-state index in [0.29, 0.717) is 18.1 Å². The first kappa shape index (κ1) is 25.4. The normalized spacial score (nSPS) is 12.4.